The molecule has 0 aliphatic carbocycles. The normalized spacial score (nSPS) is 21.0. The third-order valence-corrected chi connectivity index (χ3v) is 6.79. The first-order valence-corrected chi connectivity index (χ1v) is 11.9. The molecule has 8 nitrogen and oxygen atoms in total. The van der Waals surface area contributed by atoms with Gasteiger partial charge in [0.05, 0.1) is 30.6 Å². The summed E-state index contributed by atoms with van der Waals surface area (Å²) >= 11 is 0. The van der Waals surface area contributed by atoms with Gasteiger partial charge in [-0.2, -0.15) is 0 Å². The summed E-state index contributed by atoms with van der Waals surface area (Å²) in [4.78, 5) is 28.0. The lowest BCUT2D eigenvalue weighted by Gasteiger charge is -2.37. The van der Waals surface area contributed by atoms with Gasteiger partial charge in [0.1, 0.15) is 11.6 Å². The molecule has 5 rings (SSSR count). The molecule has 1 aromatic carbocycles. The maximum Gasteiger partial charge on any atom is 0.219 e. The van der Waals surface area contributed by atoms with E-state index in [2.05, 4.69) is 15.1 Å². The number of carbonyl (C=O) groups is 1. The van der Waals surface area contributed by atoms with E-state index in [0.29, 0.717) is 38.2 Å². The van der Waals surface area contributed by atoms with Gasteiger partial charge in [0.2, 0.25) is 5.91 Å². The molecule has 2 saturated heterocycles. The van der Waals surface area contributed by atoms with Gasteiger partial charge >= 0.3 is 0 Å². The molecule has 3 aliphatic heterocycles. The number of nitrogens with one attached hydrogen (secondary N) is 1. The number of fused-ring (bicyclic) bond motifs is 1. The lowest BCUT2D eigenvalue weighted by Crippen LogP contribution is -2.47. The molecule has 0 saturated carbocycles. The zero-order valence-corrected chi connectivity index (χ0v) is 19.4. The van der Waals surface area contributed by atoms with Crippen LogP contribution in [-0.4, -0.2) is 77.7 Å². The van der Waals surface area contributed by atoms with Gasteiger partial charge in [0.25, 0.3) is 0 Å². The van der Waals surface area contributed by atoms with Crippen LogP contribution in [0.3, 0.4) is 0 Å². The summed E-state index contributed by atoms with van der Waals surface area (Å²) in [5.41, 5.74) is 2.29. The zero-order valence-electron chi connectivity index (χ0n) is 19.4. The average Bonchev–Trinajstić information content (AvgIpc) is 3.34. The van der Waals surface area contributed by atoms with E-state index in [1.54, 1.807) is 11.8 Å². The van der Waals surface area contributed by atoms with Crippen molar-refractivity contribution in [3.8, 4) is 0 Å². The van der Waals surface area contributed by atoms with Crippen molar-refractivity contribution in [1.82, 2.24) is 19.8 Å². The molecule has 2 fully saturated rings. The molecule has 34 heavy (non-hydrogen) atoms. The molecule has 1 unspecified atom stereocenters. The SMILES string of the molecule is CC(=O)N1CCc2nc(N3CCN(Cc4ccc(F)cc4F)CC3)c(NC3CCOC3)nc2C1. The maximum absolute atomic E-state index is 14.1. The number of aromatic nitrogens is 2. The Morgan fingerprint density at radius 3 is 2.68 bits per heavy atom. The third kappa shape index (κ3) is 4.97. The van der Waals surface area contributed by atoms with Crippen molar-refractivity contribution in [2.24, 2.45) is 0 Å². The Balaban J connectivity index is 1.32. The van der Waals surface area contributed by atoms with Crippen LogP contribution >= 0.6 is 0 Å². The Morgan fingerprint density at radius 2 is 1.97 bits per heavy atom. The zero-order chi connectivity index (χ0) is 23.7. The van der Waals surface area contributed by atoms with Crippen LogP contribution < -0.4 is 10.2 Å². The lowest BCUT2D eigenvalue weighted by molar-refractivity contribution is -0.129. The van der Waals surface area contributed by atoms with E-state index in [9.17, 15) is 13.6 Å². The largest absolute Gasteiger partial charge is 0.379 e. The van der Waals surface area contributed by atoms with E-state index in [1.165, 1.54) is 12.1 Å². The highest BCUT2D eigenvalue weighted by Crippen LogP contribution is 2.29. The van der Waals surface area contributed by atoms with Crippen LogP contribution in [0.2, 0.25) is 0 Å². The molecule has 182 valence electrons. The van der Waals surface area contributed by atoms with Crippen molar-refractivity contribution in [1.29, 1.82) is 0 Å². The Bertz CT molecular complexity index is 1050. The fourth-order valence-corrected chi connectivity index (χ4v) is 4.76. The van der Waals surface area contributed by atoms with Crippen LogP contribution in [0.25, 0.3) is 0 Å². The molecule has 0 spiro atoms. The van der Waals surface area contributed by atoms with Crippen molar-refractivity contribution in [3.63, 3.8) is 0 Å². The van der Waals surface area contributed by atoms with Crippen molar-refractivity contribution in [3.05, 3.63) is 46.8 Å². The lowest BCUT2D eigenvalue weighted by atomic mass is 10.1. The second kappa shape index (κ2) is 9.79. The summed E-state index contributed by atoms with van der Waals surface area (Å²) in [5, 5.41) is 3.52. The number of carbonyl (C=O) groups excluding carboxylic acids is 1. The molecule has 2 aromatic rings. The number of hydrogen-bond donors (Lipinski definition) is 1. The van der Waals surface area contributed by atoms with Gasteiger partial charge in [0.15, 0.2) is 11.6 Å². The average molecular weight is 473 g/mol. The number of rotatable bonds is 5. The smallest absolute Gasteiger partial charge is 0.219 e. The van der Waals surface area contributed by atoms with Crippen molar-refractivity contribution >= 4 is 17.5 Å². The third-order valence-electron chi connectivity index (χ3n) is 6.79. The number of piperazine rings is 1. The molecule has 3 aliphatic rings. The van der Waals surface area contributed by atoms with Crippen LogP contribution in [0.15, 0.2) is 18.2 Å². The second-order valence-electron chi connectivity index (χ2n) is 9.18. The Morgan fingerprint density at radius 1 is 1.15 bits per heavy atom. The van der Waals surface area contributed by atoms with Crippen LogP contribution in [0.4, 0.5) is 20.4 Å². The quantitative estimate of drug-likeness (QED) is 0.715. The minimum Gasteiger partial charge on any atom is -0.379 e. The van der Waals surface area contributed by atoms with Crippen molar-refractivity contribution in [2.45, 2.75) is 38.9 Å². The molecule has 0 bridgehead atoms. The highest BCUT2D eigenvalue weighted by molar-refractivity contribution is 5.73. The molecule has 1 amide bonds. The first kappa shape index (κ1) is 22.9. The summed E-state index contributed by atoms with van der Waals surface area (Å²) in [6.45, 7) is 7.44. The van der Waals surface area contributed by atoms with Gasteiger partial charge < -0.3 is 19.9 Å². The van der Waals surface area contributed by atoms with Gasteiger partial charge in [-0.05, 0) is 12.5 Å². The first-order valence-electron chi connectivity index (χ1n) is 11.9. The van der Waals surface area contributed by atoms with E-state index in [1.807, 2.05) is 0 Å². The number of nitrogens with zero attached hydrogens (tertiary/aromatic N) is 5. The standard InChI is InChI=1S/C24H30F2N6O2/c1-16(33)32-6-4-21-22(14-32)28-23(27-19-5-11-34-15-19)24(29-21)31-9-7-30(8-10-31)13-17-2-3-18(25)12-20(17)26/h2-3,12,19H,4-11,13-15H2,1H3,(H,27,28). The molecule has 0 radical (unpaired) electrons. The summed E-state index contributed by atoms with van der Waals surface area (Å²) in [7, 11) is 0. The van der Waals surface area contributed by atoms with E-state index in [0.717, 1.165) is 68.3 Å². The minimum absolute atomic E-state index is 0.0453. The van der Waals surface area contributed by atoms with Crippen molar-refractivity contribution in [2.75, 3.05) is 56.2 Å². The van der Waals surface area contributed by atoms with Crippen molar-refractivity contribution < 1.29 is 18.3 Å². The molecular formula is C24H30F2N6O2. The van der Waals surface area contributed by atoms with Gasteiger partial charge in [0, 0.05) is 70.8 Å². The monoisotopic (exact) mass is 472 g/mol. The minimum atomic E-state index is -0.559. The van der Waals surface area contributed by atoms with Gasteiger partial charge in [-0.3, -0.25) is 9.69 Å². The first-order chi connectivity index (χ1) is 16.5. The number of amides is 1. The van der Waals surface area contributed by atoms with E-state index < -0.39 is 11.6 Å². The Labute approximate surface area is 197 Å². The number of halogens is 2. The van der Waals surface area contributed by atoms with Gasteiger partial charge in [-0.25, -0.2) is 18.7 Å². The highest BCUT2D eigenvalue weighted by atomic mass is 19.1. The fourth-order valence-electron chi connectivity index (χ4n) is 4.76. The molecular weight excluding hydrogens is 442 g/mol. The predicted molar refractivity (Wildman–Crippen MR) is 124 cm³/mol. The molecule has 1 aromatic heterocycles. The van der Waals surface area contributed by atoms with Gasteiger partial charge in [-0.1, -0.05) is 6.07 Å². The van der Waals surface area contributed by atoms with Crippen LogP contribution in [-0.2, 0) is 29.0 Å². The number of hydrogen-bond acceptors (Lipinski definition) is 7. The summed E-state index contributed by atoms with van der Waals surface area (Å²) in [6, 6.07) is 3.94. The molecule has 4 heterocycles. The fraction of sp³-hybridized carbons (Fsp3) is 0.542. The number of ether oxygens (including phenoxy) is 1. The molecule has 10 heteroatoms. The van der Waals surface area contributed by atoms with E-state index in [4.69, 9.17) is 14.7 Å². The summed E-state index contributed by atoms with van der Waals surface area (Å²) in [6.07, 6.45) is 1.60. The maximum atomic E-state index is 14.1. The van der Waals surface area contributed by atoms with Crippen LogP contribution in [0.5, 0.6) is 0 Å². The summed E-state index contributed by atoms with van der Waals surface area (Å²) in [5.74, 6) is 0.542. The van der Waals surface area contributed by atoms with Crippen LogP contribution in [0.1, 0.15) is 30.3 Å². The van der Waals surface area contributed by atoms with E-state index >= 15 is 0 Å². The Kier molecular flexibility index (Phi) is 6.60. The molecule has 1 atom stereocenters. The number of benzene rings is 1. The second-order valence-corrected chi connectivity index (χ2v) is 9.18. The van der Waals surface area contributed by atoms with E-state index in [-0.39, 0.29) is 11.9 Å². The highest BCUT2D eigenvalue weighted by Gasteiger charge is 2.28. The summed E-state index contributed by atoms with van der Waals surface area (Å²) < 4.78 is 32.8. The topological polar surface area (TPSA) is 73.8 Å². The Hall–Kier alpha value is -2.85. The van der Waals surface area contributed by atoms with Gasteiger partial charge in [-0.15, -0.1) is 0 Å². The number of anilines is 2. The van der Waals surface area contributed by atoms with Crippen LogP contribution in [0, 0.1) is 11.6 Å². The molecule has 1 N–H and O–H groups in total. The predicted octanol–water partition coefficient (Wildman–Crippen LogP) is 2.18.